The molecule has 0 bridgehead atoms. The summed E-state index contributed by atoms with van der Waals surface area (Å²) in [5.74, 6) is 0.313. The van der Waals surface area contributed by atoms with E-state index in [1.165, 1.54) is 6.21 Å². The second-order valence-corrected chi connectivity index (χ2v) is 9.04. The molecule has 0 aromatic heterocycles. The molecular formula is C33H35N5. The van der Waals surface area contributed by atoms with Crippen LogP contribution in [0.4, 0.5) is 5.69 Å². The van der Waals surface area contributed by atoms with Crippen LogP contribution in [-0.2, 0) is 0 Å². The standard InChI is InChI=1S/C33H35N5/c1-5-25(21-37-22-34)33(36)38-30-18-12-17-29(26-13-8-6-9-14-26)31(30)24(4)19-20-28(23(2)3)32(35)27-15-10-7-11-16-27/h5-18,21-22,34-35H,4,19-20H2,1-3H3,(H2,36,38)/b25-5+,34-22?,35-32?,37-21-. The van der Waals surface area contributed by atoms with Gasteiger partial charge in [0.15, 0.2) is 0 Å². The Labute approximate surface area is 225 Å². The van der Waals surface area contributed by atoms with Gasteiger partial charge in [-0.05, 0) is 67.5 Å². The first-order valence-electron chi connectivity index (χ1n) is 12.6. The molecule has 0 heterocycles. The van der Waals surface area contributed by atoms with Gasteiger partial charge in [0, 0.05) is 17.4 Å². The molecule has 0 aliphatic heterocycles. The summed E-state index contributed by atoms with van der Waals surface area (Å²) in [7, 11) is 0. The van der Waals surface area contributed by atoms with E-state index < -0.39 is 0 Å². The van der Waals surface area contributed by atoms with Gasteiger partial charge in [-0.1, -0.05) is 91.0 Å². The van der Waals surface area contributed by atoms with Crippen LogP contribution in [0, 0.1) is 10.8 Å². The van der Waals surface area contributed by atoms with Crippen molar-refractivity contribution in [2.75, 3.05) is 0 Å². The molecule has 3 aromatic carbocycles. The Morgan fingerprint density at radius 2 is 1.58 bits per heavy atom. The van der Waals surface area contributed by atoms with Crippen LogP contribution in [0.3, 0.4) is 0 Å². The zero-order chi connectivity index (χ0) is 27.5. The van der Waals surface area contributed by atoms with Gasteiger partial charge >= 0.3 is 0 Å². The summed E-state index contributed by atoms with van der Waals surface area (Å²) in [6.45, 7) is 10.4. The number of nitrogens with two attached hydrogens (primary N) is 1. The molecule has 0 aliphatic carbocycles. The van der Waals surface area contributed by atoms with E-state index in [9.17, 15) is 0 Å². The predicted octanol–water partition coefficient (Wildman–Crippen LogP) is 8.16. The number of hydrogen-bond donors (Lipinski definition) is 3. The zero-order valence-corrected chi connectivity index (χ0v) is 22.3. The van der Waals surface area contributed by atoms with Crippen LogP contribution in [0.2, 0.25) is 0 Å². The van der Waals surface area contributed by atoms with Crippen LogP contribution in [-0.4, -0.2) is 24.1 Å². The summed E-state index contributed by atoms with van der Waals surface area (Å²) in [6.07, 6.45) is 5.65. The lowest BCUT2D eigenvalue weighted by atomic mass is 9.88. The van der Waals surface area contributed by atoms with E-state index in [0.717, 1.165) is 45.3 Å². The third-order valence-electron chi connectivity index (χ3n) is 6.26. The van der Waals surface area contributed by atoms with Crippen LogP contribution >= 0.6 is 0 Å². The maximum absolute atomic E-state index is 8.84. The highest BCUT2D eigenvalue weighted by molar-refractivity contribution is 6.16. The van der Waals surface area contributed by atoms with E-state index in [1.54, 1.807) is 0 Å². The van der Waals surface area contributed by atoms with Crippen molar-refractivity contribution in [2.24, 2.45) is 15.7 Å². The normalized spacial score (nSPS) is 11.9. The average Bonchev–Trinajstić information content (AvgIpc) is 2.94. The lowest BCUT2D eigenvalue weighted by molar-refractivity contribution is 1.01. The Hall–Kier alpha value is -4.64. The minimum absolute atomic E-state index is 0.313. The molecule has 0 fully saturated rings. The Morgan fingerprint density at radius 1 is 0.921 bits per heavy atom. The van der Waals surface area contributed by atoms with Crippen molar-refractivity contribution in [3.8, 4) is 11.1 Å². The number of rotatable bonds is 11. The molecule has 0 atom stereocenters. The summed E-state index contributed by atoms with van der Waals surface area (Å²) in [4.78, 5) is 8.66. The Balaban J connectivity index is 2.03. The van der Waals surface area contributed by atoms with Gasteiger partial charge in [-0.25, -0.2) is 9.98 Å². The van der Waals surface area contributed by atoms with Gasteiger partial charge in [-0.2, -0.15) is 0 Å². The number of amidine groups is 1. The lowest BCUT2D eigenvalue weighted by Crippen LogP contribution is -2.15. The summed E-state index contributed by atoms with van der Waals surface area (Å²) >= 11 is 0. The van der Waals surface area contributed by atoms with Crippen molar-refractivity contribution < 1.29 is 0 Å². The maximum Gasteiger partial charge on any atom is 0.132 e. The molecule has 0 saturated carbocycles. The van der Waals surface area contributed by atoms with Gasteiger partial charge in [0.05, 0.1) is 11.4 Å². The number of allylic oxidation sites excluding steroid dienone is 4. The number of hydrogen-bond acceptors (Lipinski definition) is 3. The van der Waals surface area contributed by atoms with Crippen LogP contribution < -0.4 is 5.73 Å². The third kappa shape index (κ3) is 6.98. The minimum Gasteiger partial charge on any atom is -0.383 e. The number of aliphatic imine (C=N–C) groups is 2. The van der Waals surface area contributed by atoms with Crippen molar-refractivity contribution in [1.82, 2.24) is 0 Å². The molecule has 0 spiro atoms. The molecule has 0 unspecified atom stereocenters. The van der Waals surface area contributed by atoms with E-state index >= 15 is 0 Å². The fourth-order valence-electron chi connectivity index (χ4n) is 4.27. The van der Waals surface area contributed by atoms with E-state index in [1.807, 2.05) is 73.7 Å². The van der Waals surface area contributed by atoms with Crippen LogP contribution in [0.5, 0.6) is 0 Å². The lowest BCUT2D eigenvalue weighted by Gasteiger charge is -2.18. The maximum atomic E-state index is 8.84. The predicted molar refractivity (Wildman–Crippen MR) is 164 cm³/mol. The van der Waals surface area contributed by atoms with Crippen LogP contribution in [0.15, 0.2) is 118 Å². The topological polar surface area (TPSA) is 98.4 Å². The molecule has 38 heavy (non-hydrogen) atoms. The Morgan fingerprint density at radius 3 is 2.18 bits per heavy atom. The number of benzene rings is 3. The monoisotopic (exact) mass is 501 g/mol. The zero-order valence-electron chi connectivity index (χ0n) is 22.3. The Bertz CT molecular complexity index is 1420. The van der Waals surface area contributed by atoms with Gasteiger partial charge in [0.25, 0.3) is 0 Å². The van der Waals surface area contributed by atoms with Crippen LogP contribution in [0.25, 0.3) is 16.7 Å². The van der Waals surface area contributed by atoms with Gasteiger partial charge in [0.1, 0.15) is 12.2 Å². The van der Waals surface area contributed by atoms with Gasteiger partial charge in [-0.15, -0.1) is 0 Å². The molecule has 3 rings (SSSR count). The van der Waals surface area contributed by atoms with E-state index in [-0.39, 0.29) is 0 Å². The first-order valence-corrected chi connectivity index (χ1v) is 12.6. The summed E-state index contributed by atoms with van der Waals surface area (Å²) in [5.41, 5.74) is 15.3. The molecule has 192 valence electrons. The highest BCUT2D eigenvalue weighted by atomic mass is 14.9. The van der Waals surface area contributed by atoms with E-state index in [0.29, 0.717) is 35.6 Å². The average molecular weight is 502 g/mol. The quantitative estimate of drug-likeness (QED) is 0.179. The smallest absolute Gasteiger partial charge is 0.132 e. The Kier molecular flexibility index (Phi) is 10.0. The van der Waals surface area contributed by atoms with E-state index in [4.69, 9.17) is 21.5 Å². The fraction of sp³-hybridized carbons (Fsp3) is 0.152. The molecule has 0 radical (unpaired) electrons. The second-order valence-electron chi connectivity index (χ2n) is 9.04. The molecule has 5 heteroatoms. The van der Waals surface area contributed by atoms with E-state index in [2.05, 4.69) is 43.6 Å². The summed E-state index contributed by atoms with van der Waals surface area (Å²) < 4.78 is 0. The largest absolute Gasteiger partial charge is 0.383 e. The SMILES string of the molecule is C=C(CCC(C(=N)c1ccccc1)=C(C)C)c1c(/N=C(N)/C(/C=N\C=N)=C/C)cccc1-c1ccccc1. The first kappa shape index (κ1) is 27.9. The molecule has 4 N–H and O–H groups in total. The molecule has 5 nitrogen and oxygen atoms in total. The van der Waals surface area contributed by atoms with Gasteiger partial charge in [0.2, 0.25) is 0 Å². The van der Waals surface area contributed by atoms with Crippen LogP contribution in [0.1, 0.15) is 44.7 Å². The molecule has 3 aromatic rings. The molecule has 0 saturated heterocycles. The minimum atomic E-state index is 0.313. The molecule has 0 amide bonds. The summed E-state index contributed by atoms with van der Waals surface area (Å²) in [6, 6.07) is 26.0. The first-order chi connectivity index (χ1) is 18.4. The van der Waals surface area contributed by atoms with Crippen molar-refractivity contribution >= 4 is 35.4 Å². The van der Waals surface area contributed by atoms with Gasteiger partial charge in [-0.3, -0.25) is 10.8 Å². The molecular weight excluding hydrogens is 466 g/mol. The molecule has 0 aliphatic rings. The van der Waals surface area contributed by atoms with Crippen molar-refractivity contribution in [2.45, 2.75) is 33.6 Å². The van der Waals surface area contributed by atoms with Crippen molar-refractivity contribution in [3.05, 3.63) is 119 Å². The second kappa shape index (κ2) is 13.6. The highest BCUT2D eigenvalue weighted by Crippen LogP contribution is 2.38. The highest BCUT2D eigenvalue weighted by Gasteiger charge is 2.16. The summed E-state index contributed by atoms with van der Waals surface area (Å²) in [5, 5.41) is 16.0. The van der Waals surface area contributed by atoms with Gasteiger partial charge < -0.3 is 5.73 Å². The van der Waals surface area contributed by atoms with Crippen molar-refractivity contribution in [3.63, 3.8) is 0 Å². The number of nitrogens with zero attached hydrogens (tertiary/aromatic N) is 2. The number of nitrogens with one attached hydrogen (secondary N) is 2. The van der Waals surface area contributed by atoms with Crippen molar-refractivity contribution in [1.29, 1.82) is 10.8 Å². The fourth-order valence-corrected chi connectivity index (χ4v) is 4.27. The third-order valence-corrected chi connectivity index (χ3v) is 6.26.